The molecule has 5 rings (SSSR count). The van der Waals surface area contributed by atoms with E-state index in [0.717, 1.165) is 47.8 Å². The van der Waals surface area contributed by atoms with Crippen molar-refractivity contribution in [3.63, 3.8) is 0 Å². The number of rotatable bonds is 5. The topological polar surface area (TPSA) is 104 Å². The van der Waals surface area contributed by atoms with Gasteiger partial charge in [0.15, 0.2) is 9.84 Å². The average molecular weight is 498 g/mol. The molecule has 8 nitrogen and oxygen atoms in total. The highest BCUT2D eigenvalue weighted by Crippen LogP contribution is 2.32. The van der Waals surface area contributed by atoms with Gasteiger partial charge < -0.3 is 10.2 Å². The van der Waals surface area contributed by atoms with E-state index in [-0.39, 0.29) is 30.0 Å². The van der Waals surface area contributed by atoms with E-state index >= 15 is 0 Å². The molecule has 2 aromatic carbocycles. The summed E-state index contributed by atoms with van der Waals surface area (Å²) in [5.41, 5.74) is -0.635. The Hall–Kier alpha value is -2.94. The number of nitrogens with one attached hydrogen (secondary N) is 1. The maximum Gasteiger partial charge on any atom is 0.325 e. The molecule has 2 aliphatic heterocycles. The molecule has 2 unspecified atom stereocenters. The third-order valence-electron chi connectivity index (χ3n) is 7.75. The number of sulfone groups is 1. The van der Waals surface area contributed by atoms with Crippen molar-refractivity contribution >= 4 is 38.5 Å². The average Bonchev–Trinajstić information content (AvgIpc) is 3.30. The molecule has 2 saturated heterocycles. The molecule has 35 heavy (non-hydrogen) atoms. The Labute approximate surface area is 205 Å². The van der Waals surface area contributed by atoms with Gasteiger partial charge in [0.1, 0.15) is 12.1 Å². The van der Waals surface area contributed by atoms with Crippen molar-refractivity contribution in [3.05, 3.63) is 48.0 Å². The number of carbonyl (C=O) groups is 3. The molecule has 4 amide bonds. The Kier molecular flexibility index (Phi) is 6.07. The number of hydrogen-bond donors (Lipinski definition) is 1. The van der Waals surface area contributed by atoms with E-state index in [1.165, 1.54) is 0 Å². The molecular weight excluding hydrogens is 466 g/mol. The van der Waals surface area contributed by atoms with Crippen LogP contribution in [0.2, 0.25) is 0 Å². The summed E-state index contributed by atoms with van der Waals surface area (Å²) in [7, 11) is -3.19. The molecule has 2 atom stereocenters. The largest absolute Gasteiger partial charge is 0.334 e. The van der Waals surface area contributed by atoms with Crippen molar-refractivity contribution in [1.29, 1.82) is 0 Å². The number of hydrogen-bond acceptors (Lipinski definition) is 5. The van der Waals surface area contributed by atoms with Crippen LogP contribution < -0.4 is 5.32 Å². The fourth-order valence-electron chi connectivity index (χ4n) is 5.81. The Morgan fingerprint density at radius 3 is 2.43 bits per heavy atom. The fourth-order valence-corrected chi connectivity index (χ4v) is 7.52. The van der Waals surface area contributed by atoms with Gasteiger partial charge in [0, 0.05) is 12.1 Å². The van der Waals surface area contributed by atoms with E-state index in [1.54, 1.807) is 11.8 Å². The molecule has 0 radical (unpaired) electrons. The van der Waals surface area contributed by atoms with Crippen LogP contribution in [0, 0.1) is 0 Å². The summed E-state index contributed by atoms with van der Waals surface area (Å²) in [4.78, 5) is 42.7. The van der Waals surface area contributed by atoms with Crippen LogP contribution in [-0.4, -0.2) is 66.2 Å². The van der Waals surface area contributed by atoms with Gasteiger partial charge in [-0.3, -0.25) is 14.5 Å². The molecule has 9 heteroatoms. The lowest BCUT2D eigenvalue weighted by molar-refractivity contribution is -0.142. The first-order chi connectivity index (χ1) is 16.7. The molecule has 1 N–H and O–H groups in total. The summed E-state index contributed by atoms with van der Waals surface area (Å²) in [5, 5.41) is 4.77. The first kappa shape index (κ1) is 23.8. The summed E-state index contributed by atoms with van der Waals surface area (Å²) in [6.07, 6.45) is 5.10. The minimum absolute atomic E-state index is 0.0514. The normalized spacial score (nSPS) is 26.8. The second-order valence-electron chi connectivity index (χ2n) is 10.2. The lowest BCUT2D eigenvalue weighted by Gasteiger charge is -2.38. The predicted octanol–water partition coefficient (Wildman–Crippen LogP) is 2.96. The Balaban J connectivity index is 1.39. The summed E-state index contributed by atoms with van der Waals surface area (Å²) in [5.74, 6) is -0.819. The number of urea groups is 1. The third kappa shape index (κ3) is 4.42. The smallest absolute Gasteiger partial charge is 0.325 e. The number of amides is 4. The van der Waals surface area contributed by atoms with Crippen molar-refractivity contribution < 1.29 is 22.8 Å². The van der Waals surface area contributed by atoms with Crippen molar-refractivity contribution in [3.8, 4) is 0 Å². The molecule has 3 fully saturated rings. The molecule has 1 saturated carbocycles. The van der Waals surface area contributed by atoms with Crippen molar-refractivity contribution in [2.24, 2.45) is 0 Å². The second-order valence-corrected chi connectivity index (χ2v) is 12.4. The van der Waals surface area contributed by atoms with Gasteiger partial charge in [-0.15, -0.1) is 0 Å². The van der Waals surface area contributed by atoms with E-state index < -0.39 is 33.4 Å². The minimum Gasteiger partial charge on any atom is -0.334 e. The predicted molar refractivity (Wildman–Crippen MR) is 132 cm³/mol. The number of nitrogens with zero attached hydrogens (tertiary/aromatic N) is 2. The van der Waals surface area contributed by atoms with Crippen LogP contribution in [0.5, 0.6) is 0 Å². The van der Waals surface area contributed by atoms with Crippen LogP contribution >= 0.6 is 0 Å². The van der Waals surface area contributed by atoms with Gasteiger partial charge in [-0.25, -0.2) is 13.2 Å². The fraction of sp³-hybridized carbons (Fsp3) is 0.500. The summed E-state index contributed by atoms with van der Waals surface area (Å²) >= 11 is 0. The minimum atomic E-state index is -3.19. The lowest BCUT2D eigenvalue weighted by atomic mass is 9.90. The Morgan fingerprint density at radius 2 is 1.74 bits per heavy atom. The van der Waals surface area contributed by atoms with E-state index in [0.29, 0.717) is 12.0 Å². The van der Waals surface area contributed by atoms with Gasteiger partial charge in [-0.05, 0) is 48.6 Å². The molecule has 0 spiro atoms. The molecule has 2 heterocycles. The molecule has 3 aliphatic rings. The zero-order valence-electron chi connectivity index (χ0n) is 19.9. The van der Waals surface area contributed by atoms with Gasteiger partial charge in [-0.2, -0.15) is 0 Å². The first-order valence-corrected chi connectivity index (χ1v) is 14.1. The van der Waals surface area contributed by atoms with Crippen LogP contribution in [0.4, 0.5) is 4.79 Å². The zero-order chi connectivity index (χ0) is 24.8. The quantitative estimate of drug-likeness (QED) is 0.640. The molecule has 186 valence electrons. The maximum atomic E-state index is 13.6. The van der Waals surface area contributed by atoms with E-state index in [1.807, 2.05) is 42.5 Å². The monoisotopic (exact) mass is 497 g/mol. The summed E-state index contributed by atoms with van der Waals surface area (Å²) < 4.78 is 24.3. The van der Waals surface area contributed by atoms with Crippen molar-refractivity contribution in [2.75, 3.05) is 18.1 Å². The second kappa shape index (κ2) is 8.93. The number of imide groups is 1. The highest BCUT2D eigenvalue weighted by atomic mass is 32.2. The van der Waals surface area contributed by atoms with Crippen LogP contribution in [0.3, 0.4) is 0 Å². The highest BCUT2D eigenvalue weighted by molar-refractivity contribution is 7.91. The van der Waals surface area contributed by atoms with Gasteiger partial charge in [0.2, 0.25) is 5.91 Å². The Morgan fingerprint density at radius 1 is 1.03 bits per heavy atom. The van der Waals surface area contributed by atoms with Gasteiger partial charge in [0.25, 0.3) is 5.91 Å². The maximum absolute atomic E-state index is 13.6. The SMILES string of the molecule is CC1(c2ccc3ccccc3c2)NC(=O)N(CC(=O)N(C2CCCCC2)C2CCS(=O)(=O)C2)C1=O. The van der Waals surface area contributed by atoms with Crippen molar-refractivity contribution in [1.82, 2.24) is 15.1 Å². The zero-order valence-corrected chi connectivity index (χ0v) is 20.7. The highest BCUT2D eigenvalue weighted by Gasteiger charge is 2.50. The summed E-state index contributed by atoms with van der Waals surface area (Å²) in [6.45, 7) is 1.27. The molecule has 1 aliphatic carbocycles. The summed E-state index contributed by atoms with van der Waals surface area (Å²) in [6, 6.07) is 12.3. The number of fused-ring (bicyclic) bond motifs is 1. The lowest BCUT2D eigenvalue weighted by Crippen LogP contribution is -2.53. The third-order valence-corrected chi connectivity index (χ3v) is 9.50. The molecule has 2 aromatic rings. The molecular formula is C26H31N3O5S. The van der Waals surface area contributed by atoms with E-state index in [4.69, 9.17) is 0 Å². The number of benzene rings is 2. The van der Waals surface area contributed by atoms with Crippen LogP contribution in [0.15, 0.2) is 42.5 Å². The van der Waals surface area contributed by atoms with E-state index in [2.05, 4.69) is 5.32 Å². The molecule has 0 aromatic heterocycles. The van der Waals surface area contributed by atoms with Gasteiger partial charge in [0.05, 0.1) is 11.5 Å². The van der Waals surface area contributed by atoms with Crippen molar-refractivity contribution in [2.45, 2.75) is 63.1 Å². The van der Waals surface area contributed by atoms with Gasteiger partial charge in [-0.1, -0.05) is 55.7 Å². The van der Waals surface area contributed by atoms with E-state index in [9.17, 15) is 22.8 Å². The van der Waals surface area contributed by atoms with Gasteiger partial charge >= 0.3 is 6.03 Å². The van der Waals surface area contributed by atoms with Crippen LogP contribution in [-0.2, 0) is 25.0 Å². The Bertz CT molecular complexity index is 1290. The standard InChI is InChI=1S/C26H31N3O5S/c1-26(20-12-11-18-7-5-6-8-19(18)15-20)24(31)28(25(32)27-26)16-23(30)29(21-9-3-2-4-10-21)22-13-14-35(33,34)17-22/h5-8,11-12,15,21-22H,2-4,9-10,13-14,16-17H2,1H3,(H,27,32). The van der Waals surface area contributed by atoms with Crippen LogP contribution in [0.1, 0.15) is 51.0 Å². The molecule has 0 bridgehead atoms. The number of carbonyl (C=O) groups excluding carboxylic acids is 3. The first-order valence-electron chi connectivity index (χ1n) is 12.3. The van der Waals surface area contributed by atoms with Crippen LogP contribution in [0.25, 0.3) is 10.8 Å².